The number of allylic oxidation sites excluding steroid dienone is 2. The van der Waals surface area contributed by atoms with Crippen LogP contribution in [0, 0.1) is 0 Å². The van der Waals surface area contributed by atoms with Crippen LogP contribution < -0.4 is 9.88 Å². The maximum Gasteiger partial charge on any atom is 0.374 e. The molecule has 0 fully saturated rings. The first-order valence-corrected chi connectivity index (χ1v) is 9.47. The Morgan fingerprint density at radius 3 is 2.62 bits per heavy atom. The van der Waals surface area contributed by atoms with Crippen molar-refractivity contribution in [3.05, 3.63) is 72.8 Å². The fourth-order valence-corrected chi connectivity index (χ4v) is 3.05. The monoisotopic (exact) mass is 370 g/mol. The van der Waals surface area contributed by atoms with Crippen molar-refractivity contribution in [1.29, 1.82) is 0 Å². The molecule has 1 heterocycles. The van der Waals surface area contributed by atoms with E-state index in [0.29, 0.717) is 23.5 Å². The summed E-state index contributed by atoms with van der Waals surface area (Å²) in [4.78, 5) is -0.268. The van der Waals surface area contributed by atoms with Gasteiger partial charge in [-0.25, -0.2) is 8.42 Å². The van der Waals surface area contributed by atoms with Gasteiger partial charge in [-0.05, 0) is 37.3 Å². The summed E-state index contributed by atoms with van der Waals surface area (Å²) in [5.41, 5.74) is 2.07. The molecule has 6 nitrogen and oxygen atoms in total. The largest absolute Gasteiger partial charge is 0.744 e. The average Bonchev–Trinajstić information content (AvgIpc) is 2.98. The van der Waals surface area contributed by atoms with E-state index < -0.39 is 10.1 Å². The van der Waals surface area contributed by atoms with Gasteiger partial charge in [0.1, 0.15) is 16.7 Å². The molecule has 0 aliphatic rings. The van der Waals surface area contributed by atoms with E-state index in [1.165, 1.54) is 18.2 Å². The van der Waals surface area contributed by atoms with E-state index in [1.807, 2.05) is 49.4 Å². The van der Waals surface area contributed by atoms with Gasteiger partial charge in [0, 0.05) is 18.0 Å². The highest BCUT2D eigenvalue weighted by Crippen LogP contribution is 2.19. The Labute approximate surface area is 151 Å². The van der Waals surface area contributed by atoms with Crippen molar-refractivity contribution in [2.45, 2.75) is 18.4 Å². The Hall–Kier alpha value is -2.90. The Balaban J connectivity index is 1.83. The van der Waals surface area contributed by atoms with Crippen molar-refractivity contribution in [2.75, 3.05) is 5.32 Å². The second-order valence-electron chi connectivity index (χ2n) is 5.50. The Morgan fingerprint density at radius 2 is 1.92 bits per heavy atom. The number of para-hydroxylation sites is 1. The van der Waals surface area contributed by atoms with E-state index in [2.05, 4.69) is 5.32 Å². The van der Waals surface area contributed by atoms with E-state index >= 15 is 0 Å². The third kappa shape index (κ3) is 4.01. The lowest BCUT2D eigenvalue weighted by Crippen LogP contribution is -2.33. The number of oxazole rings is 1. The molecular formula is C19H18N2O4S. The van der Waals surface area contributed by atoms with Crippen molar-refractivity contribution >= 4 is 33.0 Å². The summed E-state index contributed by atoms with van der Waals surface area (Å²) in [5, 5.41) is 3.14. The fourth-order valence-electron chi connectivity index (χ4n) is 2.56. The SMILES string of the molecule is CC[n+]1c(/C=C/C=C/Nc2ccccc2)oc2ccc(S(=O)(=O)[O-])cc21. The normalized spacial score (nSPS) is 12.4. The Bertz CT molecular complexity index is 1070. The zero-order chi connectivity index (χ0) is 18.6. The molecular weight excluding hydrogens is 352 g/mol. The minimum absolute atomic E-state index is 0.268. The molecule has 0 aliphatic heterocycles. The van der Waals surface area contributed by atoms with Gasteiger partial charge in [-0.15, -0.1) is 0 Å². The minimum atomic E-state index is -4.50. The van der Waals surface area contributed by atoms with Crippen LogP contribution in [0.25, 0.3) is 17.2 Å². The maximum atomic E-state index is 11.2. The molecule has 1 aromatic heterocycles. The number of aromatic nitrogens is 1. The lowest BCUT2D eigenvalue weighted by molar-refractivity contribution is -0.674. The molecule has 0 saturated heterocycles. The van der Waals surface area contributed by atoms with Gasteiger partial charge < -0.3 is 14.3 Å². The number of nitrogens with one attached hydrogen (secondary N) is 1. The lowest BCUT2D eigenvalue weighted by atomic mass is 10.3. The second-order valence-corrected chi connectivity index (χ2v) is 6.88. The van der Waals surface area contributed by atoms with Gasteiger partial charge in [-0.2, -0.15) is 4.57 Å². The molecule has 0 spiro atoms. The van der Waals surface area contributed by atoms with E-state index in [9.17, 15) is 13.0 Å². The predicted octanol–water partition coefficient (Wildman–Crippen LogP) is 3.28. The van der Waals surface area contributed by atoms with Crippen LogP contribution in [0.3, 0.4) is 0 Å². The molecule has 134 valence electrons. The van der Waals surface area contributed by atoms with Gasteiger partial charge in [-0.1, -0.05) is 24.3 Å². The van der Waals surface area contributed by atoms with Crippen LogP contribution in [0.2, 0.25) is 0 Å². The van der Waals surface area contributed by atoms with Crippen molar-refractivity contribution in [2.24, 2.45) is 0 Å². The van der Waals surface area contributed by atoms with Crippen LogP contribution in [-0.2, 0) is 16.7 Å². The molecule has 7 heteroatoms. The number of hydrogen-bond acceptors (Lipinski definition) is 5. The number of rotatable bonds is 6. The van der Waals surface area contributed by atoms with Gasteiger partial charge in [0.05, 0.1) is 11.0 Å². The van der Waals surface area contributed by atoms with Crippen molar-refractivity contribution in [1.82, 2.24) is 0 Å². The summed E-state index contributed by atoms with van der Waals surface area (Å²) in [6.07, 6.45) is 7.21. The quantitative estimate of drug-likeness (QED) is 0.409. The first-order valence-electron chi connectivity index (χ1n) is 8.06. The Morgan fingerprint density at radius 1 is 1.15 bits per heavy atom. The number of hydrogen-bond donors (Lipinski definition) is 1. The highest BCUT2D eigenvalue weighted by Gasteiger charge is 2.20. The summed E-state index contributed by atoms with van der Waals surface area (Å²) in [7, 11) is -4.50. The van der Waals surface area contributed by atoms with Crippen LogP contribution in [0.1, 0.15) is 12.8 Å². The minimum Gasteiger partial charge on any atom is -0.744 e. The topological polar surface area (TPSA) is 86.2 Å². The number of aryl methyl sites for hydroxylation is 1. The molecule has 0 amide bonds. The van der Waals surface area contributed by atoms with Crippen molar-refractivity contribution < 1.29 is 22.0 Å². The van der Waals surface area contributed by atoms with Crippen LogP contribution in [0.5, 0.6) is 0 Å². The van der Waals surface area contributed by atoms with Crippen LogP contribution in [0.15, 0.2) is 76.2 Å². The third-order valence-electron chi connectivity index (χ3n) is 3.78. The molecule has 0 radical (unpaired) electrons. The molecule has 2 aromatic carbocycles. The van der Waals surface area contributed by atoms with Crippen LogP contribution in [0.4, 0.5) is 5.69 Å². The fraction of sp³-hybridized carbons (Fsp3) is 0.105. The van der Waals surface area contributed by atoms with E-state index in [1.54, 1.807) is 16.8 Å². The number of fused-ring (bicyclic) bond motifs is 1. The van der Waals surface area contributed by atoms with E-state index in [0.717, 1.165) is 5.69 Å². The van der Waals surface area contributed by atoms with Crippen molar-refractivity contribution in [3.63, 3.8) is 0 Å². The van der Waals surface area contributed by atoms with Gasteiger partial charge in [-0.3, -0.25) is 0 Å². The summed E-state index contributed by atoms with van der Waals surface area (Å²) in [6.45, 7) is 2.48. The first kappa shape index (κ1) is 17.9. The van der Waals surface area contributed by atoms with Gasteiger partial charge in [0.2, 0.25) is 5.58 Å². The second kappa shape index (κ2) is 7.55. The molecule has 3 rings (SSSR count). The standard InChI is InChI=1S/C19H18N2O4S/c1-2-21-17-14-16(26(22,23)24)11-12-18(17)25-19(21)10-6-7-13-20-15-8-4-3-5-9-15/h3-14H,2H2,1H3,(H,22,23,24). The molecule has 26 heavy (non-hydrogen) atoms. The van der Waals surface area contributed by atoms with E-state index in [-0.39, 0.29) is 4.90 Å². The molecule has 0 unspecified atom stereocenters. The zero-order valence-electron chi connectivity index (χ0n) is 14.1. The highest BCUT2D eigenvalue weighted by molar-refractivity contribution is 7.85. The molecule has 0 bridgehead atoms. The third-order valence-corrected chi connectivity index (χ3v) is 4.61. The van der Waals surface area contributed by atoms with Gasteiger partial charge in [0.25, 0.3) is 5.52 Å². The smallest absolute Gasteiger partial charge is 0.374 e. The van der Waals surface area contributed by atoms with Crippen LogP contribution in [-0.4, -0.2) is 13.0 Å². The molecule has 1 N–H and O–H groups in total. The molecule has 0 saturated carbocycles. The summed E-state index contributed by atoms with van der Waals surface area (Å²) < 4.78 is 41.2. The summed E-state index contributed by atoms with van der Waals surface area (Å²) in [6, 6.07) is 13.8. The van der Waals surface area contributed by atoms with Gasteiger partial charge >= 0.3 is 5.89 Å². The highest BCUT2D eigenvalue weighted by atomic mass is 32.2. The molecule has 0 aliphatic carbocycles. The first-order chi connectivity index (χ1) is 12.5. The maximum absolute atomic E-state index is 11.2. The van der Waals surface area contributed by atoms with E-state index in [4.69, 9.17) is 4.42 Å². The number of anilines is 1. The molecule has 3 aromatic rings. The summed E-state index contributed by atoms with van der Waals surface area (Å²) >= 11 is 0. The number of nitrogens with zero attached hydrogens (tertiary/aromatic N) is 1. The summed E-state index contributed by atoms with van der Waals surface area (Å²) in [5.74, 6) is 0.562. The zero-order valence-corrected chi connectivity index (χ0v) is 14.9. The predicted molar refractivity (Wildman–Crippen MR) is 98.3 cm³/mol. The number of benzene rings is 2. The van der Waals surface area contributed by atoms with Gasteiger partial charge in [0.15, 0.2) is 0 Å². The Kier molecular flexibility index (Phi) is 5.20. The van der Waals surface area contributed by atoms with Crippen LogP contribution >= 0.6 is 0 Å². The lowest BCUT2D eigenvalue weighted by Gasteiger charge is -2.04. The van der Waals surface area contributed by atoms with Crippen molar-refractivity contribution in [3.8, 4) is 0 Å². The average molecular weight is 370 g/mol. The molecule has 0 atom stereocenters.